The monoisotopic (exact) mass is 397 g/mol. The number of carbonyl (C=O) groups excluding carboxylic acids is 1. The zero-order valence-electron chi connectivity index (χ0n) is 16.1. The largest absolute Gasteiger partial charge is 0.455 e. The van der Waals surface area contributed by atoms with E-state index >= 15 is 0 Å². The third-order valence-corrected chi connectivity index (χ3v) is 6.22. The fourth-order valence-corrected chi connectivity index (χ4v) is 4.32. The van der Waals surface area contributed by atoms with E-state index in [0.717, 1.165) is 16.7 Å². The summed E-state index contributed by atoms with van der Waals surface area (Å²) < 4.78 is 30.4. The lowest BCUT2D eigenvalue weighted by atomic mass is 10.00. The molecule has 5 nitrogen and oxygen atoms in total. The van der Waals surface area contributed by atoms with E-state index in [2.05, 4.69) is 5.32 Å². The van der Waals surface area contributed by atoms with Crippen molar-refractivity contribution >= 4 is 15.7 Å². The maximum Gasteiger partial charge on any atom is 0.287 e. The highest BCUT2D eigenvalue weighted by atomic mass is 32.2. The first-order valence-electron chi connectivity index (χ1n) is 9.01. The van der Waals surface area contributed by atoms with Crippen LogP contribution in [0.15, 0.2) is 70.0 Å². The van der Waals surface area contributed by atoms with Gasteiger partial charge in [-0.05, 0) is 56.2 Å². The predicted octanol–water partition coefficient (Wildman–Crippen LogP) is 4.36. The Kier molecular flexibility index (Phi) is 5.70. The van der Waals surface area contributed by atoms with Crippen molar-refractivity contribution in [3.05, 3.63) is 88.9 Å². The van der Waals surface area contributed by atoms with E-state index in [1.165, 1.54) is 24.3 Å². The first-order chi connectivity index (χ1) is 13.3. The first-order valence-corrected chi connectivity index (χ1v) is 10.7. The molecule has 0 spiro atoms. The Morgan fingerprint density at radius 3 is 2.46 bits per heavy atom. The summed E-state index contributed by atoms with van der Waals surface area (Å²) >= 11 is 0. The predicted molar refractivity (Wildman–Crippen MR) is 108 cm³/mol. The molecular formula is C22H23NO4S. The van der Waals surface area contributed by atoms with Crippen LogP contribution >= 0.6 is 0 Å². The van der Waals surface area contributed by atoms with Crippen molar-refractivity contribution in [3.8, 4) is 0 Å². The first kappa shape index (κ1) is 19.9. The molecule has 0 aliphatic heterocycles. The van der Waals surface area contributed by atoms with Crippen LogP contribution < -0.4 is 5.32 Å². The van der Waals surface area contributed by atoms with Crippen LogP contribution in [0.3, 0.4) is 0 Å². The van der Waals surface area contributed by atoms with E-state index in [4.69, 9.17) is 4.42 Å². The Morgan fingerprint density at radius 1 is 1.04 bits per heavy atom. The molecule has 3 rings (SSSR count). The number of nitrogens with one attached hydrogen (secondary N) is 1. The van der Waals surface area contributed by atoms with Crippen molar-refractivity contribution in [1.29, 1.82) is 0 Å². The summed E-state index contributed by atoms with van der Waals surface area (Å²) in [7, 11) is -3.53. The van der Waals surface area contributed by atoms with Gasteiger partial charge in [0, 0.05) is 0 Å². The molecule has 28 heavy (non-hydrogen) atoms. The molecule has 0 radical (unpaired) electrons. The molecule has 1 unspecified atom stereocenters. The van der Waals surface area contributed by atoms with Crippen LogP contribution in [0.4, 0.5) is 0 Å². The lowest BCUT2D eigenvalue weighted by molar-refractivity contribution is 0.0910. The third-order valence-electron chi connectivity index (χ3n) is 4.57. The van der Waals surface area contributed by atoms with Crippen LogP contribution in [0.1, 0.15) is 46.0 Å². The van der Waals surface area contributed by atoms with Crippen LogP contribution in [-0.2, 0) is 15.6 Å². The molecule has 146 valence electrons. The molecule has 1 atom stereocenters. The van der Waals surface area contributed by atoms with Crippen LogP contribution in [0.5, 0.6) is 0 Å². The smallest absolute Gasteiger partial charge is 0.287 e. The number of hydrogen-bond acceptors (Lipinski definition) is 4. The standard InChI is InChI=1S/C22H23NO4S/c1-15-9-10-16(2)20(13-15)17(3)23-22(24)21-12-11-18(27-21)14-28(25,26)19-7-5-4-6-8-19/h4-13,17H,14H2,1-3H3,(H,23,24). The molecule has 1 aromatic heterocycles. The second-order valence-electron chi connectivity index (χ2n) is 6.89. The second-order valence-corrected chi connectivity index (χ2v) is 8.88. The fourth-order valence-electron chi connectivity index (χ4n) is 3.05. The van der Waals surface area contributed by atoms with Crippen LogP contribution in [0.25, 0.3) is 0 Å². The van der Waals surface area contributed by atoms with Gasteiger partial charge in [-0.15, -0.1) is 0 Å². The van der Waals surface area contributed by atoms with Crippen molar-refractivity contribution in [3.63, 3.8) is 0 Å². The number of furan rings is 1. The zero-order valence-corrected chi connectivity index (χ0v) is 16.9. The Bertz CT molecular complexity index is 1080. The van der Waals surface area contributed by atoms with Gasteiger partial charge < -0.3 is 9.73 Å². The average molecular weight is 397 g/mol. The number of hydrogen-bond donors (Lipinski definition) is 1. The molecule has 0 bridgehead atoms. The topological polar surface area (TPSA) is 76.4 Å². The molecule has 1 N–H and O–H groups in total. The van der Waals surface area contributed by atoms with Crippen molar-refractivity contribution in [2.45, 2.75) is 37.5 Å². The Hall–Kier alpha value is -2.86. The van der Waals surface area contributed by atoms with Gasteiger partial charge in [0.15, 0.2) is 15.6 Å². The molecule has 2 aromatic carbocycles. The lowest BCUT2D eigenvalue weighted by Crippen LogP contribution is -2.26. The molecule has 6 heteroatoms. The highest BCUT2D eigenvalue weighted by Crippen LogP contribution is 2.21. The maximum atomic E-state index is 12.5. The molecule has 1 amide bonds. The van der Waals surface area contributed by atoms with Gasteiger partial charge in [-0.1, -0.05) is 42.0 Å². The van der Waals surface area contributed by atoms with Crippen LogP contribution in [0.2, 0.25) is 0 Å². The third kappa shape index (κ3) is 4.51. The molecular weight excluding hydrogens is 374 g/mol. The van der Waals surface area contributed by atoms with Gasteiger partial charge in [-0.3, -0.25) is 4.79 Å². The summed E-state index contributed by atoms with van der Waals surface area (Å²) in [6.07, 6.45) is 0. The fraction of sp³-hybridized carbons (Fsp3) is 0.227. The SMILES string of the molecule is Cc1ccc(C)c(C(C)NC(=O)c2ccc(CS(=O)(=O)c3ccccc3)o2)c1. The average Bonchev–Trinajstić information content (AvgIpc) is 3.12. The van der Waals surface area contributed by atoms with Gasteiger partial charge in [-0.2, -0.15) is 0 Å². The van der Waals surface area contributed by atoms with Crippen molar-refractivity contribution in [1.82, 2.24) is 5.32 Å². The summed E-state index contributed by atoms with van der Waals surface area (Å²) in [5.74, 6) is -0.350. The number of rotatable bonds is 6. The quantitative estimate of drug-likeness (QED) is 0.670. The van der Waals surface area contributed by atoms with Crippen molar-refractivity contribution < 1.29 is 17.6 Å². The van der Waals surface area contributed by atoms with E-state index in [1.54, 1.807) is 18.2 Å². The summed E-state index contributed by atoms with van der Waals surface area (Å²) in [5.41, 5.74) is 3.24. The van der Waals surface area contributed by atoms with Gasteiger partial charge in [-0.25, -0.2) is 8.42 Å². The van der Waals surface area contributed by atoms with Gasteiger partial charge in [0.25, 0.3) is 5.91 Å². The Balaban J connectivity index is 1.71. The second kappa shape index (κ2) is 8.02. The summed E-state index contributed by atoms with van der Waals surface area (Å²) in [6, 6.07) is 17.1. The summed E-state index contributed by atoms with van der Waals surface area (Å²) in [6.45, 7) is 5.91. The van der Waals surface area contributed by atoms with E-state index in [0.29, 0.717) is 0 Å². The van der Waals surface area contributed by atoms with Gasteiger partial charge >= 0.3 is 0 Å². The minimum absolute atomic E-state index is 0.0930. The van der Waals surface area contributed by atoms with Crippen LogP contribution in [-0.4, -0.2) is 14.3 Å². The molecule has 1 heterocycles. The van der Waals surface area contributed by atoms with E-state index < -0.39 is 9.84 Å². The molecule has 0 aliphatic carbocycles. The van der Waals surface area contributed by atoms with Gasteiger partial charge in [0.1, 0.15) is 11.5 Å². The maximum absolute atomic E-state index is 12.5. The minimum Gasteiger partial charge on any atom is -0.455 e. The lowest BCUT2D eigenvalue weighted by Gasteiger charge is -2.16. The van der Waals surface area contributed by atoms with Crippen molar-refractivity contribution in [2.75, 3.05) is 0 Å². The van der Waals surface area contributed by atoms with E-state index in [9.17, 15) is 13.2 Å². The Labute approximate surface area is 165 Å². The van der Waals surface area contributed by atoms with Gasteiger partial charge in [0.2, 0.25) is 0 Å². The molecule has 0 aliphatic rings. The number of amides is 1. The van der Waals surface area contributed by atoms with Crippen LogP contribution in [0, 0.1) is 13.8 Å². The Morgan fingerprint density at radius 2 is 1.75 bits per heavy atom. The van der Waals surface area contributed by atoms with E-state index in [1.807, 2.05) is 39.0 Å². The number of aryl methyl sites for hydroxylation is 2. The highest BCUT2D eigenvalue weighted by molar-refractivity contribution is 7.90. The van der Waals surface area contributed by atoms with Crippen molar-refractivity contribution in [2.24, 2.45) is 0 Å². The molecule has 0 fully saturated rings. The summed E-state index contributed by atoms with van der Waals surface area (Å²) in [4.78, 5) is 12.7. The van der Waals surface area contributed by atoms with E-state index in [-0.39, 0.29) is 34.1 Å². The number of benzene rings is 2. The van der Waals surface area contributed by atoms with Gasteiger partial charge in [0.05, 0.1) is 10.9 Å². The molecule has 0 saturated heterocycles. The normalized spacial score (nSPS) is 12.5. The highest BCUT2D eigenvalue weighted by Gasteiger charge is 2.20. The zero-order chi connectivity index (χ0) is 20.3. The minimum atomic E-state index is -3.53. The molecule has 0 saturated carbocycles. The summed E-state index contributed by atoms with van der Waals surface area (Å²) in [5, 5.41) is 2.91. The number of sulfone groups is 1. The number of carbonyl (C=O) groups is 1. The molecule has 3 aromatic rings.